The Balaban J connectivity index is 1.75. The second-order valence-corrected chi connectivity index (χ2v) is 6.15. The van der Waals surface area contributed by atoms with Crippen LogP contribution in [0, 0.1) is 5.92 Å². The zero-order valence-corrected chi connectivity index (χ0v) is 13.9. The summed E-state index contributed by atoms with van der Waals surface area (Å²) in [5, 5.41) is 19.4. The molecule has 2 aromatic rings. The lowest BCUT2D eigenvalue weighted by Gasteiger charge is -2.28. The largest absolute Gasteiger partial charge is 0.481 e. The first-order valence-electron chi connectivity index (χ1n) is 8.14. The molecule has 134 valence electrons. The van der Waals surface area contributed by atoms with E-state index in [-0.39, 0.29) is 24.7 Å². The molecule has 1 atom stereocenters. The number of hydrogen-bond acceptors (Lipinski definition) is 7. The molecule has 2 heterocycles. The number of fused-ring (bicyclic) bond motifs is 1. The van der Waals surface area contributed by atoms with Crippen LogP contribution in [0.15, 0.2) is 16.8 Å². The minimum absolute atomic E-state index is 0.0513. The minimum Gasteiger partial charge on any atom is -0.481 e. The summed E-state index contributed by atoms with van der Waals surface area (Å²) in [6.45, 7) is 4.52. The van der Waals surface area contributed by atoms with Gasteiger partial charge in [0.1, 0.15) is 0 Å². The van der Waals surface area contributed by atoms with Crippen molar-refractivity contribution in [1.82, 2.24) is 10.3 Å². The third kappa shape index (κ3) is 4.05. The smallest absolute Gasteiger partial charge is 0.303 e. The number of ether oxygens (including phenoxy) is 1. The predicted molar refractivity (Wildman–Crippen MR) is 89.5 cm³/mol. The fraction of sp³-hybridized carbons (Fsp3) is 0.500. The van der Waals surface area contributed by atoms with Crippen molar-refractivity contribution in [2.24, 2.45) is 5.92 Å². The number of benzene rings is 1. The van der Waals surface area contributed by atoms with E-state index in [0.717, 1.165) is 18.8 Å². The quantitative estimate of drug-likeness (QED) is 0.806. The van der Waals surface area contributed by atoms with Gasteiger partial charge in [0, 0.05) is 25.9 Å². The molecule has 1 aliphatic rings. The summed E-state index contributed by atoms with van der Waals surface area (Å²) in [5.41, 5.74) is 2.44. The van der Waals surface area contributed by atoms with Gasteiger partial charge in [0.2, 0.25) is 5.91 Å². The number of morpholine rings is 1. The first-order valence-corrected chi connectivity index (χ1v) is 8.14. The molecule has 2 N–H and O–H groups in total. The molecule has 0 radical (unpaired) electrons. The van der Waals surface area contributed by atoms with Gasteiger partial charge in [-0.2, -0.15) is 0 Å². The van der Waals surface area contributed by atoms with Gasteiger partial charge in [0.05, 0.1) is 24.6 Å². The maximum Gasteiger partial charge on any atom is 0.303 e. The zero-order valence-electron chi connectivity index (χ0n) is 13.9. The second-order valence-electron chi connectivity index (χ2n) is 6.15. The van der Waals surface area contributed by atoms with Crippen molar-refractivity contribution in [3.63, 3.8) is 0 Å². The highest BCUT2D eigenvalue weighted by atomic mass is 16.6. The van der Waals surface area contributed by atoms with Crippen LogP contribution in [0.1, 0.15) is 19.8 Å². The van der Waals surface area contributed by atoms with E-state index in [1.54, 1.807) is 13.0 Å². The summed E-state index contributed by atoms with van der Waals surface area (Å²) >= 11 is 0. The second kappa shape index (κ2) is 7.47. The number of carbonyl (C=O) groups is 2. The van der Waals surface area contributed by atoms with Crippen LogP contribution in [0.4, 0.5) is 11.4 Å². The summed E-state index contributed by atoms with van der Waals surface area (Å²) in [7, 11) is 0. The summed E-state index contributed by atoms with van der Waals surface area (Å²) in [5.74, 6) is -1.44. The highest BCUT2D eigenvalue weighted by Crippen LogP contribution is 2.30. The number of nitrogens with one attached hydrogen (secondary N) is 1. The molecule has 9 heteroatoms. The van der Waals surface area contributed by atoms with Gasteiger partial charge in [0.15, 0.2) is 11.0 Å². The lowest BCUT2D eigenvalue weighted by Crippen LogP contribution is -2.36. The van der Waals surface area contributed by atoms with Gasteiger partial charge in [-0.25, -0.2) is 4.63 Å². The van der Waals surface area contributed by atoms with Gasteiger partial charge in [-0.15, -0.1) is 0 Å². The van der Waals surface area contributed by atoms with Crippen LogP contribution in [0.5, 0.6) is 0 Å². The first kappa shape index (κ1) is 17.2. The summed E-state index contributed by atoms with van der Waals surface area (Å²) in [6, 6.07) is 3.63. The van der Waals surface area contributed by atoms with Crippen LogP contribution < -0.4 is 10.2 Å². The maximum absolute atomic E-state index is 12.1. The molecule has 0 bridgehead atoms. The Morgan fingerprint density at radius 1 is 1.24 bits per heavy atom. The van der Waals surface area contributed by atoms with E-state index in [4.69, 9.17) is 14.5 Å². The maximum atomic E-state index is 12.1. The van der Waals surface area contributed by atoms with Crippen LogP contribution in [0.2, 0.25) is 0 Å². The van der Waals surface area contributed by atoms with Gasteiger partial charge >= 0.3 is 5.97 Å². The molecule has 1 amide bonds. The number of carbonyl (C=O) groups excluding carboxylic acids is 1. The van der Waals surface area contributed by atoms with E-state index < -0.39 is 5.97 Å². The van der Waals surface area contributed by atoms with Crippen molar-refractivity contribution < 1.29 is 24.1 Å². The van der Waals surface area contributed by atoms with Gasteiger partial charge in [0.25, 0.3) is 0 Å². The molecule has 0 aliphatic carbocycles. The molecule has 1 aromatic heterocycles. The molecule has 1 fully saturated rings. The summed E-state index contributed by atoms with van der Waals surface area (Å²) in [4.78, 5) is 25.0. The summed E-state index contributed by atoms with van der Waals surface area (Å²) in [6.07, 6.45) is 0.0641. The first-order chi connectivity index (χ1) is 12.0. The van der Waals surface area contributed by atoms with Gasteiger partial charge in [-0.3, -0.25) is 9.59 Å². The third-order valence-electron chi connectivity index (χ3n) is 4.08. The van der Waals surface area contributed by atoms with Crippen LogP contribution >= 0.6 is 0 Å². The van der Waals surface area contributed by atoms with E-state index >= 15 is 0 Å². The number of nitrogens with zero attached hydrogens (tertiary/aromatic N) is 3. The standard InChI is InChI=1S/C16H20N4O5/c1-10(9-14(22)23)8-13(21)17-11-2-3-12(16-15(11)18-25-19-16)20-4-6-24-7-5-20/h2-3,10H,4-9H2,1H3,(H,17,21)(H,22,23). The van der Waals surface area contributed by atoms with Crippen molar-refractivity contribution >= 4 is 34.3 Å². The van der Waals surface area contributed by atoms with Crippen molar-refractivity contribution in [2.45, 2.75) is 19.8 Å². The van der Waals surface area contributed by atoms with Gasteiger partial charge in [-0.1, -0.05) is 6.92 Å². The number of anilines is 2. The number of hydrogen-bond donors (Lipinski definition) is 2. The molecule has 3 rings (SSSR count). The SMILES string of the molecule is CC(CC(=O)O)CC(=O)Nc1ccc(N2CCOCC2)c2nonc12. The van der Waals surface area contributed by atoms with Crippen LogP contribution in [-0.2, 0) is 14.3 Å². The van der Waals surface area contributed by atoms with Gasteiger partial charge in [-0.05, 0) is 28.4 Å². The lowest BCUT2D eigenvalue weighted by atomic mass is 10.0. The minimum atomic E-state index is -0.918. The normalized spacial score (nSPS) is 16.0. The topological polar surface area (TPSA) is 118 Å². The Morgan fingerprint density at radius 2 is 1.96 bits per heavy atom. The average molecular weight is 348 g/mol. The fourth-order valence-electron chi connectivity index (χ4n) is 2.90. The van der Waals surface area contributed by atoms with Crippen molar-refractivity contribution in [3.8, 4) is 0 Å². The van der Waals surface area contributed by atoms with E-state index in [2.05, 4.69) is 20.5 Å². The van der Waals surface area contributed by atoms with E-state index in [9.17, 15) is 9.59 Å². The Labute approximate surface area is 143 Å². The van der Waals surface area contributed by atoms with Crippen molar-refractivity contribution in [3.05, 3.63) is 12.1 Å². The molecule has 1 aliphatic heterocycles. The Morgan fingerprint density at radius 3 is 2.68 bits per heavy atom. The van der Waals surface area contributed by atoms with E-state index in [1.165, 1.54) is 0 Å². The molecule has 0 spiro atoms. The molecular weight excluding hydrogens is 328 g/mol. The number of amides is 1. The Bertz CT molecular complexity index is 769. The number of rotatable bonds is 6. The van der Waals surface area contributed by atoms with Crippen LogP contribution in [0.3, 0.4) is 0 Å². The van der Waals surface area contributed by atoms with Crippen LogP contribution in [-0.4, -0.2) is 53.6 Å². The predicted octanol–water partition coefficient (Wildman–Crippen LogP) is 1.50. The van der Waals surface area contributed by atoms with E-state index in [1.807, 2.05) is 6.07 Å². The van der Waals surface area contributed by atoms with Gasteiger partial charge < -0.3 is 20.1 Å². The highest BCUT2D eigenvalue weighted by molar-refractivity contribution is 6.03. The molecule has 1 aromatic carbocycles. The monoisotopic (exact) mass is 348 g/mol. The Hall–Kier alpha value is -2.68. The van der Waals surface area contributed by atoms with Crippen molar-refractivity contribution in [2.75, 3.05) is 36.5 Å². The Kier molecular flexibility index (Phi) is 5.13. The molecule has 0 saturated carbocycles. The molecule has 1 unspecified atom stereocenters. The number of aromatic nitrogens is 2. The highest BCUT2D eigenvalue weighted by Gasteiger charge is 2.20. The van der Waals surface area contributed by atoms with Crippen molar-refractivity contribution in [1.29, 1.82) is 0 Å². The third-order valence-corrected chi connectivity index (χ3v) is 4.08. The number of aliphatic carboxylic acids is 1. The molecule has 25 heavy (non-hydrogen) atoms. The zero-order chi connectivity index (χ0) is 17.8. The lowest BCUT2D eigenvalue weighted by molar-refractivity contribution is -0.138. The van der Waals surface area contributed by atoms with Crippen LogP contribution in [0.25, 0.3) is 11.0 Å². The number of carboxylic acids is 1. The van der Waals surface area contributed by atoms with E-state index in [0.29, 0.717) is 29.9 Å². The fourth-order valence-corrected chi connectivity index (χ4v) is 2.90. The summed E-state index contributed by atoms with van der Waals surface area (Å²) < 4.78 is 10.2. The average Bonchev–Trinajstić information content (AvgIpc) is 3.05. The molecule has 9 nitrogen and oxygen atoms in total. The number of carboxylic acid groups (broad SMARTS) is 1. The molecular formula is C16H20N4O5. The molecule has 1 saturated heterocycles.